The molecule has 2 N–H and O–H groups in total. The smallest absolute Gasteiger partial charge is 0.243 e. The average molecular weight is 331 g/mol. The van der Waals surface area contributed by atoms with Gasteiger partial charge in [-0.15, -0.1) is 0 Å². The van der Waals surface area contributed by atoms with Gasteiger partial charge in [0.1, 0.15) is 6.04 Å². The van der Waals surface area contributed by atoms with E-state index in [-0.39, 0.29) is 11.8 Å². The maximum absolute atomic E-state index is 12.4. The Kier molecular flexibility index (Phi) is 6.18. The summed E-state index contributed by atoms with van der Waals surface area (Å²) >= 11 is 5.86. The van der Waals surface area contributed by atoms with Crippen molar-refractivity contribution in [3.8, 4) is 0 Å². The Bertz CT molecular complexity index is 656. The van der Waals surface area contributed by atoms with Crippen molar-refractivity contribution in [3.05, 3.63) is 70.7 Å². The summed E-state index contributed by atoms with van der Waals surface area (Å²) in [4.78, 5) is 23.7. The predicted molar refractivity (Wildman–Crippen MR) is 91.0 cm³/mol. The van der Waals surface area contributed by atoms with Gasteiger partial charge in [-0.2, -0.15) is 0 Å². The molecule has 0 bridgehead atoms. The van der Waals surface area contributed by atoms with Crippen molar-refractivity contribution in [2.24, 2.45) is 0 Å². The molecule has 2 amide bonds. The molecule has 2 aromatic carbocycles. The summed E-state index contributed by atoms with van der Waals surface area (Å²) in [6.45, 7) is 1.83. The van der Waals surface area contributed by atoms with E-state index < -0.39 is 6.04 Å². The molecule has 0 aliphatic carbocycles. The highest BCUT2D eigenvalue weighted by Crippen LogP contribution is 2.11. The van der Waals surface area contributed by atoms with E-state index >= 15 is 0 Å². The van der Waals surface area contributed by atoms with Crippen LogP contribution in [-0.4, -0.2) is 17.9 Å². The van der Waals surface area contributed by atoms with Crippen LogP contribution in [0.1, 0.15) is 18.1 Å². The first kappa shape index (κ1) is 17.0. The first-order chi connectivity index (χ1) is 11.0. The van der Waals surface area contributed by atoms with Crippen molar-refractivity contribution < 1.29 is 9.59 Å². The van der Waals surface area contributed by atoms with Crippen LogP contribution in [0.25, 0.3) is 0 Å². The second-order valence-electron chi connectivity index (χ2n) is 5.29. The molecule has 120 valence electrons. The van der Waals surface area contributed by atoms with Crippen LogP contribution in [0.2, 0.25) is 5.02 Å². The number of carbonyl (C=O) groups excluding carboxylic acids is 2. The highest BCUT2D eigenvalue weighted by atomic mass is 35.5. The van der Waals surface area contributed by atoms with E-state index in [2.05, 4.69) is 10.6 Å². The Morgan fingerprint density at radius 1 is 1.00 bits per heavy atom. The lowest BCUT2D eigenvalue weighted by Crippen LogP contribution is -2.47. The van der Waals surface area contributed by atoms with Crippen molar-refractivity contribution in [1.82, 2.24) is 10.6 Å². The third kappa shape index (κ3) is 5.75. The van der Waals surface area contributed by atoms with Gasteiger partial charge in [-0.05, 0) is 23.3 Å². The maximum atomic E-state index is 12.4. The van der Waals surface area contributed by atoms with Gasteiger partial charge in [-0.25, -0.2) is 0 Å². The average Bonchev–Trinajstić information content (AvgIpc) is 2.54. The van der Waals surface area contributed by atoms with E-state index in [9.17, 15) is 9.59 Å². The quantitative estimate of drug-likeness (QED) is 0.855. The van der Waals surface area contributed by atoms with Gasteiger partial charge in [0, 0.05) is 24.9 Å². The van der Waals surface area contributed by atoms with Crippen molar-refractivity contribution in [2.75, 3.05) is 0 Å². The molecule has 4 nitrogen and oxygen atoms in total. The molecule has 0 aliphatic heterocycles. The molecule has 0 spiro atoms. The molecule has 23 heavy (non-hydrogen) atoms. The number of benzene rings is 2. The van der Waals surface area contributed by atoms with E-state index in [0.717, 1.165) is 11.1 Å². The molecular formula is C18H19ClN2O2. The zero-order chi connectivity index (χ0) is 16.7. The van der Waals surface area contributed by atoms with Crippen LogP contribution in [0.15, 0.2) is 54.6 Å². The lowest BCUT2D eigenvalue weighted by atomic mass is 10.0. The minimum absolute atomic E-state index is 0.209. The van der Waals surface area contributed by atoms with Crippen LogP contribution >= 0.6 is 11.6 Å². The topological polar surface area (TPSA) is 58.2 Å². The highest BCUT2D eigenvalue weighted by Gasteiger charge is 2.19. The molecule has 5 heteroatoms. The van der Waals surface area contributed by atoms with Crippen molar-refractivity contribution in [3.63, 3.8) is 0 Å². The summed E-state index contributed by atoms with van der Waals surface area (Å²) in [6, 6.07) is 16.3. The van der Waals surface area contributed by atoms with Gasteiger partial charge in [-0.3, -0.25) is 9.59 Å². The minimum atomic E-state index is -0.614. The summed E-state index contributed by atoms with van der Waals surface area (Å²) in [6.07, 6.45) is 0.414. The van der Waals surface area contributed by atoms with E-state index in [0.29, 0.717) is 18.0 Å². The fourth-order valence-electron chi connectivity index (χ4n) is 2.22. The minimum Gasteiger partial charge on any atom is -0.350 e. The number of hydrogen-bond donors (Lipinski definition) is 2. The normalized spacial score (nSPS) is 11.6. The molecule has 0 saturated heterocycles. The number of amides is 2. The van der Waals surface area contributed by atoms with E-state index in [1.54, 1.807) is 12.1 Å². The fraction of sp³-hybridized carbons (Fsp3) is 0.222. The maximum Gasteiger partial charge on any atom is 0.243 e. The van der Waals surface area contributed by atoms with Crippen molar-refractivity contribution in [2.45, 2.75) is 25.9 Å². The second kappa shape index (κ2) is 8.34. The van der Waals surface area contributed by atoms with Gasteiger partial charge in [0.05, 0.1) is 0 Å². The molecule has 2 aromatic rings. The molecule has 0 saturated carbocycles. The molecular weight excluding hydrogens is 312 g/mol. The number of rotatable bonds is 6. The second-order valence-corrected chi connectivity index (χ2v) is 5.72. The SMILES string of the molecule is CC(=O)NC(Cc1ccc(Cl)cc1)C(=O)NCc1ccccc1. The summed E-state index contributed by atoms with van der Waals surface area (Å²) in [5.41, 5.74) is 1.94. The van der Waals surface area contributed by atoms with Crippen LogP contribution in [-0.2, 0) is 22.6 Å². The number of hydrogen-bond acceptors (Lipinski definition) is 2. The number of halogens is 1. The van der Waals surface area contributed by atoms with Gasteiger partial charge < -0.3 is 10.6 Å². The predicted octanol–water partition coefficient (Wildman–Crippen LogP) is 2.70. The van der Waals surface area contributed by atoms with Crippen LogP contribution in [0.3, 0.4) is 0 Å². The van der Waals surface area contributed by atoms with Gasteiger partial charge in [0.15, 0.2) is 0 Å². The lowest BCUT2D eigenvalue weighted by Gasteiger charge is -2.18. The standard InChI is InChI=1S/C18H19ClN2O2/c1-13(22)21-17(11-14-7-9-16(19)10-8-14)18(23)20-12-15-5-3-2-4-6-15/h2-10,17H,11-12H2,1H3,(H,20,23)(H,21,22). The van der Waals surface area contributed by atoms with Crippen LogP contribution in [0, 0.1) is 0 Å². The third-order valence-corrected chi connectivity index (χ3v) is 3.61. The Morgan fingerprint density at radius 3 is 2.26 bits per heavy atom. The number of carbonyl (C=O) groups is 2. The summed E-state index contributed by atoms with van der Waals surface area (Å²) in [5, 5.41) is 6.19. The summed E-state index contributed by atoms with van der Waals surface area (Å²) in [7, 11) is 0. The third-order valence-electron chi connectivity index (χ3n) is 3.36. The Balaban J connectivity index is 2.00. The molecule has 0 heterocycles. The first-order valence-electron chi connectivity index (χ1n) is 7.38. The zero-order valence-electron chi connectivity index (χ0n) is 12.9. The first-order valence-corrected chi connectivity index (χ1v) is 7.75. The molecule has 2 rings (SSSR count). The summed E-state index contributed by atoms with van der Waals surface area (Å²) < 4.78 is 0. The van der Waals surface area contributed by atoms with Gasteiger partial charge in [0.2, 0.25) is 11.8 Å². The Labute approximate surface area is 140 Å². The van der Waals surface area contributed by atoms with Gasteiger partial charge in [-0.1, -0.05) is 54.1 Å². The van der Waals surface area contributed by atoms with Crippen LogP contribution in [0.4, 0.5) is 0 Å². The Morgan fingerprint density at radius 2 is 1.65 bits per heavy atom. The lowest BCUT2D eigenvalue weighted by molar-refractivity contribution is -0.128. The van der Waals surface area contributed by atoms with Gasteiger partial charge in [0.25, 0.3) is 0 Å². The number of nitrogens with one attached hydrogen (secondary N) is 2. The molecule has 0 aromatic heterocycles. The van der Waals surface area contributed by atoms with E-state index in [4.69, 9.17) is 11.6 Å². The Hall–Kier alpha value is -2.33. The zero-order valence-corrected chi connectivity index (χ0v) is 13.6. The largest absolute Gasteiger partial charge is 0.350 e. The molecule has 0 fully saturated rings. The summed E-state index contributed by atoms with van der Waals surface area (Å²) in [5.74, 6) is -0.446. The van der Waals surface area contributed by atoms with Crippen LogP contribution in [0.5, 0.6) is 0 Å². The molecule has 0 radical (unpaired) electrons. The van der Waals surface area contributed by atoms with E-state index in [1.165, 1.54) is 6.92 Å². The van der Waals surface area contributed by atoms with Crippen molar-refractivity contribution in [1.29, 1.82) is 0 Å². The van der Waals surface area contributed by atoms with E-state index in [1.807, 2.05) is 42.5 Å². The van der Waals surface area contributed by atoms with Crippen LogP contribution < -0.4 is 10.6 Å². The molecule has 1 atom stereocenters. The molecule has 1 unspecified atom stereocenters. The van der Waals surface area contributed by atoms with Crippen molar-refractivity contribution >= 4 is 23.4 Å². The monoisotopic (exact) mass is 330 g/mol. The van der Waals surface area contributed by atoms with Gasteiger partial charge >= 0.3 is 0 Å². The molecule has 0 aliphatic rings. The highest BCUT2D eigenvalue weighted by molar-refractivity contribution is 6.30. The fourth-order valence-corrected chi connectivity index (χ4v) is 2.35.